The molecule has 2 heterocycles. The third-order valence-corrected chi connectivity index (χ3v) is 4.78. The highest BCUT2D eigenvalue weighted by atomic mass is 16.5. The Morgan fingerprint density at radius 1 is 1.30 bits per heavy atom. The van der Waals surface area contributed by atoms with E-state index in [9.17, 15) is 4.79 Å². The number of carbonyl (C=O) groups excluding carboxylic acids is 1. The van der Waals surface area contributed by atoms with Crippen LogP contribution in [0.2, 0.25) is 0 Å². The van der Waals surface area contributed by atoms with Crippen LogP contribution in [0.5, 0.6) is 0 Å². The molecule has 0 unspecified atom stereocenters. The number of nitrogens with zero attached hydrogens (tertiary/aromatic N) is 2. The topological polar surface area (TPSA) is 34.5 Å². The molecule has 0 bridgehead atoms. The lowest BCUT2D eigenvalue weighted by Crippen LogP contribution is -2.54. The van der Waals surface area contributed by atoms with Gasteiger partial charge < -0.3 is 14.2 Å². The largest absolute Gasteiger partial charge is 0.371 e. The van der Waals surface area contributed by atoms with E-state index in [1.807, 2.05) is 35.7 Å². The number of rotatable bonds is 1. The highest BCUT2D eigenvalue weighted by molar-refractivity contribution is 5.94. The molecule has 3 rings (SSSR count). The van der Waals surface area contributed by atoms with E-state index in [1.54, 1.807) is 0 Å². The molecule has 1 aliphatic heterocycles. The SMILES string of the molecule is Cc1ccn(C)c1C(=O)N1CCOC2(CCCCC2)C1. The molecule has 2 aliphatic rings. The minimum atomic E-state index is -0.0643. The third kappa shape index (κ3) is 2.37. The molecule has 110 valence electrons. The second kappa shape index (κ2) is 5.24. The van der Waals surface area contributed by atoms with E-state index in [1.165, 1.54) is 19.3 Å². The van der Waals surface area contributed by atoms with Crippen molar-refractivity contribution in [2.45, 2.75) is 44.6 Å². The molecular weight excluding hydrogens is 252 g/mol. The number of aryl methyl sites for hydroxylation is 2. The van der Waals surface area contributed by atoms with Crippen molar-refractivity contribution in [1.29, 1.82) is 0 Å². The Morgan fingerprint density at radius 3 is 2.70 bits per heavy atom. The Labute approximate surface area is 120 Å². The average Bonchev–Trinajstić information content (AvgIpc) is 2.78. The fourth-order valence-electron chi connectivity index (χ4n) is 3.64. The van der Waals surface area contributed by atoms with Crippen LogP contribution in [0.4, 0.5) is 0 Å². The quantitative estimate of drug-likeness (QED) is 0.790. The maximum Gasteiger partial charge on any atom is 0.270 e. The minimum absolute atomic E-state index is 0.0643. The monoisotopic (exact) mass is 276 g/mol. The first kappa shape index (κ1) is 13.7. The number of aromatic nitrogens is 1. The Morgan fingerprint density at radius 2 is 2.05 bits per heavy atom. The lowest BCUT2D eigenvalue weighted by Gasteiger charge is -2.45. The van der Waals surface area contributed by atoms with Crippen molar-refractivity contribution in [3.63, 3.8) is 0 Å². The van der Waals surface area contributed by atoms with Crippen molar-refractivity contribution in [3.05, 3.63) is 23.5 Å². The van der Waals surface area contributed by atoms with Crippen molar-refractivity contribution >= 4 is 5.91 Å². The van der Waals surface area contributed by atoms with Gasteiger partial charge in [0.2, 0.25) is 0 Å². The number of amides is 1. The van der Waals surface area contributed by atoms with Gasteiger partial charge in [0, 0.05) is 19.8 Å². The van der Waals surface area contributed by atoms with E-state index in [4.69, 9.17) is 4.74 Å². The lowest BCUT2D eigenvalue weighted by molar-refractivity contribution is -0.118. The summed E-state index contributed by atoms with van der Waals surface area (Å²) in [4.78, 5) is 14.8. The van der Waals surface area contributed by atoms with Gasteiger partial charge >= 0.3 is 0 Å². The second-order valence-electron chi connectivity index (χ2n) is 6.28. The highest BCUT2D eigenvalue weighted by Gasteiger charge is 2.39. The first-order valence-corrected chi connectivity index (χ1v) is 7.66. The smallest absolute Gasteiger partial charge is 0.270 e. The predicted octanol–water partition coefficient (Wildman–Crippen LogP) is 2.51. The van der Waals surface area contributed by atoms with Crippen molar-refractivity contribution in [3.8, 4) is 0 Å². The maximum atomic E-state index is 12.8. The van der Waals surface area contributed by atoms with Gasteiger partial charge in [-0.05, 0) is 31.4 Å². The standard InChI is InChI=1S/C16H24N2O2/c1-13-6-9-17(2)14(13)15(19)18-10-11-20-16(12-18)7-4-3-5-8-16/h6,9H,3-5,7-8,10-12H2,1-2H3. The zero-order valence-electron chi connectivity index (χ0n) is 12.5. The molecule has 1 aliphatic carbocycles. The zero-order valence-corrected chi connectivity index (χ0v) is 12.5. The normalized spacial score (nSPS) is 22.2. The fraction of sp³-hybridized carbons (Fsp3) is 0.688. The van der Waals surface area contributed by atoms with Crippen LogP contribution in [0.25, 0.3) is 0 Å². The van der Waals surface area contributed by atoms with E-state index in [2.05, 4.69) is 0 Å². The molecule has 0 aromatic carbocycles. The Bertz CT molecular complexity index is 476. The molecule has 4 nitrogen and oxygen atoms in total. The maximum absolute atomic E-state index is 12.8. The fourth-order valence-corrected chi connectivity index (χ4v) is 3.64. The van der Waals surface area contributed by atoms with Gasteiger partial charge in [0.25, 0.3) is 5.91 Å². The van der Waals surface area contributed by atoms with Crippen LogP contribution in [-0.2, 0) is 11.8 Å². The first-order valence-electron chi connectivity index (χ1n) is 7.66. The highest BCUT2D eigenvalue weighted by Crippen LogP contribution is 2.34. The van der Waals surface area contributed by atoms with E-state index in [0.29, 0.717) is 13.2 Å². The summed E-state index contributed by atoms with van der Waals surface area (Å²) in [5.41, 5.74) is 1.81. The van der Waals surface area contributed by atoms with Gasteiger partial charge in [0.05, 0.1) is 18.8 Å². The van der Waals surface area contributed by atoms with Crippen LogP contribution in [-0.4, -0.2) is 40.7 Å². The third-order valence-electron chi connectivity index (χ3n) is 4.78. The predicted molar refractivity (Wildman–Crippen MR) is 77.8 cm³/mol. The summed E-state index contributed by atoms with van der Waals surface area (Å²) in [5.74, 6) is 0.156. The van der Waals surface area contributed by atoms with Crippen LogP contribution >= 0.6 is 0 Å². The molecule has 2 fully saturated rings. The van der Waals surface area contributed by atoms with Crippen LogP contribution in [0.1, 0.15) is 48.2 Å². The molecule has 20 heavy (non-hydrogen) atoms. The number of morpholine rings is 1. The van der Waals surface area contributed by atoms with Crippen LogP contribution in [0, 0.1) is 6.92 Å². The molecule has 1 aromatic rings. The summed E-state index contributed by atoms with van der Waals surface area (Å²) in [6, 6.07) is 2.00. The minimum Gasteiger partial charge on any atom is -0.371 e. The molecule has 1 spiro atoms. The van der Waals surface area contributed by atoms with Crippen molar-refractivity contribution in [2.24, 2.45) is 7.05 Å². The average molecular weight is 276 g/mol. The number of carbonyl (C=O) groups is 1. The summed E-state index contributed by atoms with van der Waals surface area (Å²) < 4.78 is 8.00. The summed E-state index contributed by atoms with van der Waals surface area (Å²) >= 11 is 0. The molecule has 1 amide bonds. The van der Waals surface area contributed by atoms with Crippen molar-refractivity contribution in [1.82, 2.24) is 9.47 Å². The van der Waals surface area contributed by atoms with Gasteiger partial charge in [0.1, 0.15) is 5.69 Å². The Hall–Kier alpha value is -1.29. The molecule has 0 radical (unpaired) electrons. The molecular formula is C16H24N2O2. The molecule has 1 saturated heterocycles. The number of hydrogen-bond donors (Lipinski definition) is 0. The summed E-state index contributed by atoms with van der Waals surface area (Å²) in [6.45, 7) is 4.15. The van der Waals surface area contributed by atoms with Gasteiger partial charge in [-0.15, -0.1) is 0 Å². The van der Waals surface area contributed by atoms with Gasteiger partial charge in [-0.3, -0.25) is 4.79 Å². The summed E-state index contributed by atoms with van der Waals surface area (Å²) in [6.07, 6.45) is 7.91. The van der Waals surface area contributed by atoms with Gasteiger partial charge in [-0.25, -0.2) is 0 Å². The van der Waals surface area contributed by atoms with E-state index < -0.39 is 0 Å². The number of hydrogen-bond acceptors (Lipinski definition) is 2. The van der Waals surface area contributed by atoms with Gasteiger partial charge in [-0.2, -0.15) is 0 Å². The lowest BCUT2D eigenvalue weighted by atomic mass is 9.83. The van der Waals surface area contributed by atoms with E-state index in [0.717, 1.165) is 30.6 Å². The Kier molecular flexibility index (Phi) is 3.59. The number of ether oxygens (including phenoxy) is 1. The molecule has 0 N–H and O–H groups in total. The van der Waals surface area contributed by atoms with E-state index in [-0.39, 0.29) is 11.5 Å². The molecule has 1 aromatic heterocycles. The molecule has 4 heteroatoms. The first-order chi connectivity index (χ1) is 9.61. The van der Waals surface area contributed by atoms with Gasteiger partial charge in [0.15, 0.2) is 0 Å². The van der Waals surface area contributed by atoms with E-state index >= 15 is 0 Å². The molecule has 1 saturated carbocycles. The van der Waals surface area contributed by atoms with Gasteiger partial charge in [-0.1, -0.05) is 19.3 Å². The Balaban J connectivity index is 1.78. The summed E-state index contributed by atoms with van der Waals surface area (Å²) in [5, 5.41) is 0. The van der Waals surface area contributed by atoms with Crippen molar-refractivity contribution < 1.29 is 9.53 Å². The van der Waals surface area contributed by atoms with Crippen LogP contribution < -0.4 is 0 Å². The molecule has 0 atom stereocenters. The summed E-state index contributed by atoms with van der Waals surface area (Å²) in [7, 11) is 1.94. The van der Waals surface area contributed by atoms with Crippen LogP contribution in [0.3, 0.4) is 0 Å². The second-order valence-corrected chi connectivity index (χ2v) is 6.28. The zero-order chi connectivity index (χ0) is 14.2. The van der Waals surface area contributed by atoms with Crippen molar-refractivity contribution in [2.75, 3.05) is 19.7 Å². The van der Waals surface area contributed by atoms with Crippen LogP contribution in [0.15, 0.2) is 12.3 Å².